The molecule has 0 spiro atoms. The molecule has 0 saturated carbocycles. The Morgan fingerprint density at radius 1 is 1.17 bits per heavy atom. The Morgan fingerprint density at radius 3 is 2.45 bits per heavy atom. The van der Waals surface area contributed by atoms with Gasteiger partial charge in [0.15, 0.2) is 0 Å². The second-order valence-corrected chi connectivity index (χ2v) is 8.92. The van der Waals surface area contributed by atoms with E-state index in [2.05, 4.69) is 5.32 Å². The topological polar surface area (TPSA) is 75.7 Å². The number of rotatable bonds is 10. The largest absolute Gasteiger partial charge is 0.497 e. The molecular formula is C22H30N2O4S. The zero-order valence-electron chi connectivity index (χ0n) is 17.5. The van der Waals surface area contributed by atoms with E-state index in [1.54, 1.807) is 19.2 Å². The summed E-state index contributed by atoms with van der Waals surface area (Å²) in [4.78, 5) is 12.8. The fourth-order valence-electron chi connectivity index (χ4n) is 3.20. The Hall–Kier alpha value is -2.54. The quantitative estimate of drug-likeness (QED) is 0.601. The number of carbonyl (C=O) groups excluding carboxylic acids is 1. The summed E-state index contributed by atoms with van der Waals surface area (Å²) < 4.78 is 31.3. The van der Waals surface area contributed by atoms with Gasteiger partial charge in [-0.1, -0.05) is 36.8 Å². The van der Waals surface area contributed by atoms with Crippen LogP contribution in [-0.2, 0) is 21.2 Å². The molecule has 0 unspecified atom stereocenters. The molecule has 2 aromatic rings. The summed E-state index contributed by atoms with van der Waals surface area (Å²) in [6.45, 7) is 4.21. The van der Waals surface area contributed by atoms with E-state index >= 15 is 0 Å². The van der Waals surface area contributed by atoms with Crippen LogP contribution in [0.5, 0.6) is 5.75 Å². The van der Waals surface area contributed by atoms with Gasteiger partial charge in [-0.2, -0.15) is 0 Å². The van der Waals surface area contributed by atoms with Gasteiger partial charge in [0.25, 0.3) is 0 Å². The van der Waals surface area contributed by atoms with E-state index in [9.17, 15) is 13.2 Å². The summed E-state index contributed by atoms with van der Waals surface area (Å²) >= 11 is 0. The van der Waals surface area contributed by atoms with E-state index in [1.165, 1.54) is 4.31 Å². The number of sulfonamides is 1. The molecule has 0 aliphatic rings. The van der Waals surface area contributed by atoms with Crippen LogP contribution in [0.15, 0.2) is 48.5 Å². The summed E-state index contributed by atoms with van der Waals surface area (Å²) in [5, 5.41) is 2.89. The van der Waals surface area contributed by atoms with Crippen molar-refractivity contribution in [3.05, 3.63) is 59.7 Å². The van der Waals surface area contributed by atoms with Crippen molar-refractivity contribution in [3.8, 4) is 5.75 Å². The van der Waals surface area contributed by atoms with Crippen LogP contribution in [0.25, 0.3) is 0 Å². The van der Waals surface area contributed by atoms with Gasteiger partial charge in [-0.15, -0.1) is 0 Å². The summed E-state index contributed by atoms with van der Waals surface area (Å²) in [6.07, 6.45) is 3.05. The van der Waals surface area contributed by atoms with Gasteiger partial charge in [0.05, 0.1) is 19.1 Å². The van der Waals surface area contributed by atoms with Crippen molar-refractivity contribution < 1.29 is 17.9 Å². The molecule has 158 valence electrons. The molecule has 2 rings (SSSR count). The third-order valence-electron chi connectivity index (χ3n) is 4.69. The second kappa shape index (κ2) is 10.3. The summed E-state index contributed by atoms with van der Waals surface area (Å²) in [5.41, 5.74) is 2.65. The van der Waals surface area contributed by atoms with Crippen LogP contribution in [0.2, 0.25) is 0 Å². The van der Waals surface area contributed by atoms with Gasteiger partial charge in [-0.05, 0) is 56.0 Å². The number of hydrogen-bond acceptors (Lipinski definition) is 4. The van der Waals surface area contributed by atoms with E-state index < -0.39 is 16.1 Å². The predicted octanol–water partition coefficient (Wildman–Crippen LogP) is 3.30. The number of ether oxygens (including phenoxy) is 1. The SMILES string of the molecule is CC[C@@H](C(=O)NCCCc1cccc(OC)c1)N(c1ccc(C)cc1)S(C)(=O)=O. The fraction of sp³-hybridized carbons (Fsp3) is 0.409. The first-order valence-corrected chi connectivity index (χ1v) is 11.6. The van der Waals surface area contributed by atoms with Gasteiger partial charge in [0.2, 0.25) is 15.9 Å². The van der Waals surface area contributed by atoms with Crippen molar-refractivity contribution in [1.29, 1.82) is 0 Å². The monoisotopic (exact) mass is 418 g/mol. The lowest BCUT2D eigenvalue weighted by molar-refractivity contribution is -0.122. The number of hydrogen-bond donors (Lipinski definition) is 1. The van der Waals surface area contributed by atoms with E-state index in [4.69, 9.17) is 4.74 Å². The zero-order chi connectivity index (χ0) is 21.4. The Labute approximate surface area is 173 Å². The number of benzene rings is 2. The Balaban J connectivity index is 2.02. The maximum absolute atomic E-state index is 12.8. The average Bonchev–Trinajstić information content (AvgIpc) is 2.69. The smallest absolute Gasteiger partial charge is 0.243 e. The minimum absolute atomic E-state index is 0.288. The van der Waals surface area contributed by atoms with Crippen LogP contribution < -0.4 is 14.4 Å². The van der Waals surface area contributed by atoms with Gasteiger partial charge in [0.1, 0.15) is 11.8 Å². The highest BCUT2D eigenvalue weighted by Gasteiger charge is 2.31. The molecule has 0 heterocycles. The van der Waals surface area contributed by atoms with Crippen molar-refractivity contribution in [3.63, 3.8) is 0 Å². The first kappa shape index (κ1) is 22.7. The van der Waals surface area contributed by atoms with Crippen LogP contribution in [0.1, 0.15) is 30.9 Å². The highest BCUT2D eigenvalue weighted by molar-refractivity contribution is 7.92. The van der Waals surface area contributed by atoms with Gasteiger partial charge >= 0.3 is 0 Å². The number of amides is 1. The van der Waals surface area contributed by atoms with Gasteiger partial charge in [-0.3, -0.25) is 9.10 Å². The summed E-state index contributed by atoms with van der Waals surface area (Å²) in [7, 11) is -1.98. The normalized spacial score (nSPS) is 12.3. The van der Waals surface area contributed by atoms with Crippen LogP contribution in [-0.4, -0.2) is 40.3 Å². The van der Waals surface area contributed by atoms with Crippen molar-refractivity contribution >= 4 is 21.6 Å². The second-order valence-electron chi connectivity index (χ2n) is 7.06. The van der Waals surface area contributed by atoms with Gasteiger partial charge < -0.3 is 10.1 Å². The third-order valence-corrected chi connectivity index (χ3v) is 5.87. The number of aryl methyl sites for hydroxylation is 2. The van der Waals surface area contributed by atoms with E-state index in [1.807, 2.05) is 50.2 Å². The summed E-state index contributed by atoms with van der Waals surface area (Å²) in [6, 6.07) is 14.2. The molecule has 0 saturated heterocycles. The van der Waals surface area contributed by atoms with Crippen molar-refractivity contribution in [2.75, 3.05) is 24.2 Å². The lowest BCUT2D eigenvalue weighted by atomic mass is 10.1. The molecule has 0 aromatic heterocycles. The van der Waals surface area contributed by atoms with Gasteiger partial charge in [0, 0.05) is 6.54 Å². The average molecular weight is 419 g/mol. The predicted molar refractivity (Wildman–Crippen MR) is 117 cm³/mol. The molecule has 0 radical (unpaired) electrons. The van der Waals surface area contributed by atoms with Crippen molar-refractivity contribution in [1.82, 2.24) is 5.32 Å². The van der Waals surface area contributed by atoms with Crippen LogP contribution >= 0.6 is 0 Å². The number of nitrogens with one attached hydrogen (secondary N) is 1. The molecule has 0 fully saturated rings. The standard InChI is InChI=1S/C22H30N2O4S/c1-5-21(24(29(4,26)27)19-13-11-17(2)12-14-19)22(25)23-15-7-9-18-8-6-10-20(16-18)28-3/h6,8,10-14,16,21H,5,7,9,15H2,1-4H3,(H,23,25)/t21-/m0/s1. The number of carbonyl (C=O) groups is 1. The van der Waals surface area contributed by atoms with E-state index in [0.717, 1.165) is 36.0 Å². The first-order valence-electron chi connectivity index (χ1n) is 9.73. The van der Waals surface area contributed by atoms with Crippen molar-refractivity contribution in [2.24, 2.45) is 0 Å². The minimum atomic E-state index is -3.61. The van der Waals surface area contributed by atoms with Crippen molar-refractivity contribution in [2.45, 2.75) is 39.2 Å². The number of methoxy groups -OCH3 is 1. The molecule has 1 atom stereocenters. The van der Waals surface area contributed by atoms with E-state index in [-0.39, 0.29) is 5.91 Å². The Kier molecular flexibility index (Phi) is 8.08. The van der Waals surface area contributed by atoms with E-state index in [0.29, 0.717) is 18.7 Å². The summed E-state index contributed by atoms with van der Waals surface area (Å²) in [5.74, 6) is 0.517. The van der Waals surface area contributed by atoms with Gasteiger partial charge in [-0.25, -0.2) is 8.42 Å². The lowest BCUT2D eigenvalue weighted by Gasteiger charge is -2.30. The highest BCUT2D eigenvalue weighted by Crippen LogP contribution is 2.23. The molecule has 0 bridgehead atoms. The molecule has 2 aromatic carbocycles. The minimum Gasteiger partial charge on any atom is -0.497 e. The molecule has 0 aliphatic carbocycles. The van der Waals surface area contributed by atoms with Crippen LogP contribution in [0, 0.1) is 6.92 Å². The Morgan fingerprint density at radius 2 is 1.86 bits per heavy atom. The molecular weight excluding hydrogens is 388 g/mol. The number of nitrogens with zero attached hydrogens (tertiary/aromatic N) is 1. The molecule has 1 amide bonds. The van der Waals surface area contributed by atoms with Crippen LogP contribution in [0.4, 0.5) is 5.69 Å². The van der Waals surface area contributed by atoms with Crippen LogP contribution in [0.3, 0.4) is 0 Å². The maximum atomic E-state index is 12.8. The molecule has 6 nitrogen and oxygen atoms in total. The lowest BCUT2D eigenvalue weighted by Crippen LogP contribution is -2.49. The molecule has 7 heteroatoms. The maximum Gasteiger partial charge on any atom is 0.243 e. The zero-order valence-corrected chi connectivity index (χ0v) is 18.3. The third kappa shape index (κ3) is 6.49. The fourth-order valence-corrected chi connectivity index (χ4v) is 4.41. The number of anilines is 1. The molecule has 1 N–H and O–H groups in total. The first-order chi connectivity index (χ1) is 13.8. The molecule has 29 heavy (non-hydrogen) atoms. The Bertz CT molecular complexity index is 911. The highest BCUT2D eigenvalue weighted by atomic mass is 32.2. The molecule has 0 aliphatic heterocycles.